The predicted molar refractivity (Wildman–Crippen MR) is 30.3 cm³/mol. The first-order chi connectivity index (χ1) is 4.50. The summed E-state index contributed by atoms with van der Waals surface area (Å²) in [5, 5.41) is 5.02. The molecule has 11 heteroatoms. The van der Waals surface area contributed by atoms with E-state index in [1.807, 2.05) is 0 Å². The van der Waals surface area contributed by atoms with E-state index in [1.54, 1.807) is 0 Å². The van der Waals surface area contributed by atoms with Crippen molar-refractivity contribution in [3.8, 4) is 0 Å². The van der Waals surface area contributed by atoms with E-state index in [1.165, 1.54) is 0 Å². The van der Waals surface area contributed by atoms with E-state index in [2.05, 4.69) is 0 Å². The molecule has 13 heavy (non-hydrogen) atoms. The van der Waals surface area contributed by atoms with Gasteiger partial charge in [0.05, 0.1) is 0 Å². The van der Waals surface area contributed by atoms with Gasteiger partial charge in [-0.05, 0) is 6.92 Å². The Morgan fingerprint density at radius 2 is 1.23 bits per heavy atom. The van der Waals surface area contributed by atoms with Crippen LogP contribution in [0.4, 0.5) is 0 Å². The van der Waals surface area contributed by atoms with E-state index in [4.69, 9.17) is 14.9 Å². The molecule has 0 fully saturated rings. The minimum Gasteiger partial charge on any atom is -0.776 e. The minimum absolute atomic E-state index is 0. The molecule has 7 nitrogen and oxygen atoms in total. The molecular weight excluding hydrogens is 244 g/mol. The van der Waals surface area contributed by atoms with Crippen molar-refractivity contribution in [2.75, 3.05) is 0 Å². The van der Waals surface area contributed by atoms with E-state index in [-0.39, 0.29) is 66.0 Å². The van der Waals surface area contributed by atoms with Crippen LogP contribution >= 0.6 is 15.2 Å². The van der Waals surface area contributed by atoms with Gasteiger partial charge in [-0.2, -0.15) is 0 Å². The Balaban J connectivity index is -0.000000500. The van der Waals surface area contributed by atoms with Crippen LogP contribution in [0, 0.1) is 0 Å². The molecule has 3 N–H and O–H groups in total. The summed E-state index contributed by atoms with van der Waals surface area (Å²) in [5.74, 6) is 0. The second kappa shape index (κ2) is 6.11. The third-order valence-corrected chi connectivity index (χ3v) is 4.73. The average Bonchev–Trinajstić information content (AvgIpc) is 1.58. The number of rotatable bonds is 2. The molecule has 0 heterocycles. The van der Waals surface area contributed by atoms with Gasteiger partial charge in [0.1, 0.15) is 0 Å². The molecule has 0 aromatic carbocycles. The van der Waals surface area contributed by atoms with Gasteiger partial charge in [0.2, 0.25) is 0 Å². The van der Waals surface area contributed by atoms with Crippen LogP contribution in [-0.2, 0) is 9.13 Å². The second-order valence-corrected chi connectivity index (χ2v) is 6.19. The van der Waals surface area contributed by atoms with E-state index >= 15 is 0 Å². The number of aliphatic hydroxyl groups is 1. The summed E-state index contributed by atoms with van der Waals surface area (Å²) in [4.78, 5) is 36.4. The first-order valence-electron chi connectivity index (χ1n) is 2.30. The fourth-order valence-electron chi connectivity index (χ4n) is 0.160. The fourth-order valence-corrected chi connectivity index (χ4v) is 1.44. The standard InChI is InChI=1S/C2H8O7P2.2Na/c1-2(3,10(4,5)6)11(7,8)9;;/h3H,1H3,(H2,4,5,6)(H2,7,8,9);;/q;2*+1/p-2. The molecule has 0 radical (unpaired) electrons. The molecule has 0 aliphatic rings. The van der Waals surface area contributed by atoms with Crippen LogP contribution in [0.5, 0.6) is 0 Å². The van der Waals surface area contributed by atoms with Crippen molar-refractivity contribution in [3.63, 3.8) is 0 Å². The quantitative estimate of drug-likeness (QED) is 0.326. The topological polar surface area (TPSA) is 141 Å². The molecule has 0 amide bonds. The molecule has 0 saturated carbocycles. The molecule has 0 bridgehead atoms. The minimum atomic E-state index is -5.51. The Morgan fingerprint density at radius 1 is 1.08 bits per heavy atom. The number of hydrogen-bond donors (Lipinski definition) is 3. The van der Waals surface area contributed by atoms with Crippen LogP contribution in [0.1, 0.15) is 6.92 Å². The summed E-state index contributed by atoms with van der Waals surface area (Å²) < 4.78 is 20.2. The molecule has 0 aromatic heterocycles. The maximum atomic E-state index is 10.1. The van der Waals surface area contributed by atoms with Crippen molar-refractivity contribution in [1.82, 2.24) is 0 Å². The van der Waals surface area contributed by atoms with Gasteiger partial charge in [0, 0.05) is 0 Å². The zero-order valence-electron chi connectivity index (χ0n) is 7.37. The first kappa shape index (κ1) is 20.6. The van der Waals surface area contributed by atoms with Crippen LogP contribution in [-0.4, -0.2) is 20.0 Å². The van der Waals surface area contributed by atoms with E-state index in [9.17, 15) is 18.9 Å². The summed E-state index contributed by atoms with van der Waals surface area (Å²) in [6.45, 7) is 0.258. The average molecular weight is 250 g/mol. The Kier molecular flexibility index (Phi) is 9.70. The first-order valence-corrected chi connectivity index (χ1v) is 5.46. The van der Waals surface area contributed by atoms with Crippen molar-refractivity contribution >= 4 is 15.2 Å². The van der Waals surface area contributed by atoms with Crippen molar-refractivity contribution < 1.29 is 92.9 Å². The van der Waals surface area contributed by atoms with Crippen molar-refractivity contribution in [2.24, 2.45) is 0 Å². The van der Waals surface area contributed by atoms with Crippen LogP contribution in [0.2, 0.25) is 0 Å². The monoisotopic (exact) mass is 250 g/mol. The molecule has 2 atom stereocenters. The number of hydrogen-bond acceptors (Lipinski definition) is 5. The molecule has 0 spiro atoms. The molecule has 0 saturated heterocycles. The van der Waals surface area contributed by atoms with E-state index in [0.29, 0.717) is 0 Å². The van der Waals surface area contributed by atoms with E-state index in [0.717, 1.165) is 0 Å². The maximum absolute atomic E-state index is 10.1. The molecule has 2 unspecified atom stereocenters. The third kappa shape index (κ3) is 5.22. The van der Waals surface area contributed by atoms with E-state index < -0.39 is 20.3 Å². The molecule has 0 aliphatic heterocycles. The Hall–Kier alpha value is 2.26. The van der Waals surface area contributed by atoms with Crippen LogP contribution < -0.4 is 68.9 Å². The maximum Gasteiger partial charge on any atom is 1.00 e. The Morgan fingerprint density at radius 3 is 1.23 bits per heavy atom. The van der Waals surface area contributed by atoms with Crippen molar-refractivity contribution in [2.45, 2.75) is 12.0 Å². The summed E-state index contributed by atoms with van der Waals surface area (Å²) in [5.41, 5.74) is 0. The van der Waals surface area contributed by atoms with Gasteiger partial charge in [-0.25, -0.2) is 0 Å². The smallest absolute Gasteiger partial charge is 0.776 e. The molecule has 0 rings (SSSR count). The summed E-state index contributed by atoms with van der Waals surface area (Å²) in [6, 6.07) is 0. The zero-order valence-corrected chi connectivity index (χ0v) is 13.2. The predicted octanol–water partition coefficient (Wildman–Crippen LogP) is -8.25. The molecular formula is C2H6Na2O7P2. The van der Waals surface area contributed by atoms with Gasteiger partial charge in [0.15, 0.2) is 20.3 Å². The van der Waals surface area contributed by atoms with Gasteiger partial charge < -0.3 is 33.8 Å². The normalized spacial score (nSPS) is 23.8. The van der Waals surface area contributed by atoms with Crippen molar-refractivity contribution in [3.05, 3.63) is 0 Å². The summed E-state index contributed by atoms with van der Waals surface area (Å²) >= 11 is 0. The molecule has 68 valence electrons. The molecule has 0 aliphatic carbocycles. The van der Waals surface area contributed by atoms with Crippen LogP contribution in [0.15, 0.2) is 0 Å². The van der Waals surface area contributed by atoms with Gasteiger partial charge in [-0.3, -0.25) is 0 Å². The molecule has 0 aromatic rings. The van der Waals surface area contributed by atoms with Gasteiger partial charge in [-0.15, -0.1) is 0 Å². The fraction of sp³-hybridized carbons (Fsp3) is 1.00. The largest absolute Gasteiger partial charge is 1.00 e. The zero-order chi connectivity index (χ0) is 9.50. The van der Waals surface area contributed by atoms with Crippen molar-refractivity contribution in [1.29, 1.82) is 0 Å². The second-order valence-electron chi connectivity index (χ2n) is 2.01. The van der Waals surface area contributed by atoms with Gasteiger partial charge in [0.25, 0.3) is 0 Å². The van der Waals surface area contributed by atoms with Crippen LogP contribution in [0.25, 0.3) is 0 Å². The SMILES string of the molecule is CC(O)(P(=O)([O-])O)P(=O)([O-])O.[Na+].[Na+]. The third-order valence-electron chi connectivity index (χ3n) is 1.07. The summed E-state index contributed by atoms with van der Waals surface area (Å²) in [6.07, 6.45) is 0. The Bertz CT molecular complexity index is 215. The van der Waals surface area contributed by atoms with Crippen LogP contribution in [0.3, 0.4) is 0 Å². The summed E-state index contributed by atoms with van der Waals surface area (Å²) in [7, 11) is -11.0. The van der Waals surface area contributed by atoms with Gasteiger partial charge >= 0.3 is 59.1 Å². The Labute approximate surface area is 119 Å². The van der Waals surface area contributed by atoms with Gasteiger partial charge in [-0.1, -0.05) is 0 Å².